The lowest BCUT2D eigenvalue weighted by Crippen LogP contribution is -2.29. The Labute approximate surface area is 80.4 Å². The second-order valence-corrected chi connectivity index (χ2v) is 3.52. The Morgan fingerprint density at radius 1 is 1.38 bits per heavy atom. The molecule has 4 N–H and O–H groups in total. The van der Waals surface area contributed by atoms with Gasteiger partial charge >= 0.3 is 0 Å². The van der Waals surface area contributed by atoms with E-state index < -0.39 is 0 Å². The van der Waals surface area contributed by atoms with Gasteiger partial charge in [-0.25, -0.2) is 4.98 Å². The highest BCUT2D eigenvalue weighted by molar-refractivity contribution is 7.19. The maximum Gasteiger partial charge on any atom is 0.187 e. The van der Waals surface area contributed by atoms with E-state index in [-0.39, 0.29) is 13.2 Å². The molecule has 0 fully saturated rings. The number of aliphatic hydroxyl groups excluding tert-OH is 2. The molecule has 0 saturated carbocycles. The summed E-state index contributed by atoms with van der Waals surface area (Å²) in [6, 6.07) is 0. The van der Waals surface area contributed by atoms with Gasteiger partial charge in [0.2, 0.25) is 0 Å². The lowest BCUT2D eigenvalue weighted by atomic mass is 10.5. The van der Waals surface area contributed by atoms with Crippen molar-refractivity contribution in [3.05, 3.63) is 6.20 Å². The summed E-state index contributed by atoms with van der Waals surface area (Å²) in [7, 11) is 0. The fourth-order valence-corrected chi connectivity index (χ4v) is 1.70. The van der Waals surface area contributed by atoms with Crippen molar-refractivity contribution in [2.75, 3.05) is 36.9 Å². The molecule has 1 heterocycles. The van der Waals surface area contributed by atoms with Gasteiger partial charge in [0.15, 0.2) is 5.13 Å². The molecule has 0 aliphatic rings. The molecular weight excluding hydrogens is 190 g/mol. The number of nitrogens with zero attached hydrogens (tertiary/aromatic N) is 2. The normalized spacial score (nSPS) is 10.3. The molecule has 0 bridgehead atoms. The Hall–Kier alpha value is -0.850. The van der Waals surface area contributed by atoms with Crippen molar-refractivity contribution < 1.29 is 10.2 Å². The first kappa shape index (κ1) is 10.2. The summed E-state index contributed by atoms with van der Waals surface area (Å²) in [5, 5.41) is 18.9. The highest BCUT2D eigenvalue weighted by atomic mass is 32.1. The summed E-state index contributed by atoms with van der Waals surface area (Å²) < 4.78 is 0. The van der Waals surface area contributed by atoms with Crippen LogP contribution in [-0.4, -0.2) is 41.5 Å². The summed E-state index contributed by atoms with van der Waals surface area (Å²) in [5.74, 6) is 0. The number of thiazole rings is 1. The highest BCUT2D eigenvalue weighted by Gasteiger charge is 2.08. The lowest BCUT2D eigenvalue weighted by Gasteiger charge is -2.18. The standard InChI is InChI=1S/C7H13N3O2S/c8-6-5-9-7(13-6)10(1-3-11)2-4-12/h5,11-12H,1-4,8H2. The minimum absolute atomic E-state index is 0.0412. The number of hydrogen-bond donors (Lipinski definition) is 3. The van der Waals surface area contributed by atoms with Gasteiger partial charge in [0, 0.05) is 13.1 Å². The molecule has 74 valence electrons. The molecule has 0 aliphatic heterocycles. The molecule has 0 atom stereocenters. The smallest absolute Gasteiger partial charge is 0.187 e. The molecule has 0 saturated heterocycles. The molecule has 0 spiro atoms. The molecule has 0 aromatic carbocycles. The molecule has 0 amide bonds. The Balaban J connectivity index is 2.63. The van der Waals surface area contributed by atoms with Crippen LogP contribution < -0.4 is 10.6 Å². The van der Waals surface area contributed by atoms with Gasteiger partial charge in [-0.05, 0) is 0 Å². The predicted octanol–water partition coefficient (Wildman–Crippen LogP) is -0.484. The Morgan fingerprint density at radius 2 is 2.00 bits per heavy atom. The van der Waals surface area contributed by atoms with Gasteiger partial charge in [0.1, 0.15) is 5.00 Å². The molecule has 0 radical (unpaired) electrons. The van der Waals surface area contributed by atoms with Crippen LogP contribution in [0.1, 0.15) is 0 Å². The van der Waals surface area contributed by atoms with Crippen LogP contribution in [0, 0.1) is 0 Å². The molecule has 6 heteroatoms. The summed E-state index contributed by atoms with van der Waals surface area (Å²) in [6.45, 7) is 1.01. The van der Waals surface area contributed by atoms with Crippen LogP contribution in [0.2, 0.25) is 0 Å². The van der Waals surface area contributed by atoms with Crippen LogP contribution in [-0.2, 0) is 0 Å². The number of aromatic nitrogens is 1. The van der Waals surface area contributed by atoms with Crippen molar-refractivity contribution >= 4 is 21.5 Å². The molecule has 1 rings (SSSR count). The third kappa shape index (κ3) is 2.83. The second kappa shape index (κ2) is 5.00. The fraction of sp³-hybridized carbons (Fsp3) is 0.571. The summed E-state index contributed by atoms with van der Waals surface area (Å²) in [6.07, 6.45) is 1.57. The van der Waals surface area contributed by atoms with Crippen molar-refractivity contribution in [3.63, 3.8) is 0 Å². The van der Waals surface area contributed by atoms with E-state index in [9.17, 15) is 0 Å². The quantitative estimate of drug-likeness (QED) is 0.602. The van der Waals surface area contributed by atoms with E-state index in [2.05, 4.69) is 4.98 Å². The largest absolute Gasteiger partial charge is 0.395 e. The third-order valence-corrected chi connectivity index (χ3v) is 2.41. The Kier molecular flexibility index (Phi) is 3.94. The van der Waals surface area contributed by atoms with E-state index in [1.54, 1.807) is 11.1 Å². The first-order valence-corrected chi connectivity index (χ1v) is 4.77. The second-order valence-electron chi connectivity index (χ2n) is 2.48. The fourth-order valence-electron chi connectivity index (χ4n) is 0.968. The number of anilines is 2. The van der Waals surface area contributed by atoms with Gasteiger partial charge in [0.25, 0.3) is 0 Å². The maximum atomic E-state index is 8.75. The van der Waals surface area contributed by atoms with Crippen molar-refractivity contribution in [2.45, 2.75) is 0 Å². The molecule has 0 aliphatic carbocycles. The van der Waals surface area contributed by atoms with E-state index in [0.29, 0.717) is 18.1 Å². The zero-order valence-electron chi connectivity index (χ0n) is 7.18. The molecule has 1 aromatic heterocycles. The third-order valence-electron chi connectivity index (χ3n) is 1.52. The van der Waals surface area contributed by atoms with Gasteiger partial charge in [-0.3, -0.25) is 0 Å². The SMILES string of the molecule is Nc1cnc(N(CCO)CCO)s1. The summed E-state index contributed by atoms with van der Waals surface area (Å²) >= 11 is 1.35. The zero-order valence-corrected chi connectivity index (χ0v) is 8.00. The van der Waals surface area contributed by atoms with Crippen molar-refractivity contribution in [3.8, 4) is 0 Å². The Morgan fingerprint density at radius 3 is 2.38 bits per heavy atom. The van der Waals surface area contributed by atoms with Crippen LogP contribution in [0.5, 0.6) is 0 Å². The monoisotopic (exact) mass is 203 g/mol. The van der Waals surface area contributed by atoms with Gasteiger partial charge in [0.05, 0.1) is 19.4 Å². The van der Waals surface area contributed by atoms with E-state index in [4.69, 9.17) is 15.9 Å². The van der Waals surface area contributed by atoms with Crippen LogP contribution >= 0.6 is 11.3 Å². The van der Waals surface area contributed by atoms with Gasteiger partial charge < -0.3 is 20.8 Å². The van der Waals surface area contributed by atoms with E-state index >= 15 is 0 Å². The number of hydrogen-bond acceptors (Lipinski definition) is 6. The number of aliphatic hydroxyl groups is 2. The van der Waals surface area contributed by atoms with E-state index in [1.165, 1.54) is 11.3 Å². The first-order chi connectivity index (χ1) is 6.27. The van der Waals surface area contributed by atoms with Crippen LogP contribution in [0.15, 0.2) is 6.20 Å². The van der Waals surface area contributed by atoms with Crippen molar-refractivity contribution in [1.82, 2.24) is 4.98 Å². The topological polar surface area (TPSA) is 82.6 Å². The van der Waals surface area contributed by atoms with E-state index in [0.717, 1.165) is 5.13 Å². The van der Waals surface area contributed by atoms with Crippen molar-refractivity contribution in [2.24, 2.45) is 0 Å². The Bertz CT molecular complexity index is 248. The molecule has 13 heavy (non-hydrogen) atoms. The average molecular weight is 203 g/mol. The first-order valence-electron chi connectivity index (χ1n) is 3.96. The molecular formula is C7H13N3O2S. The number of nitrogens with two attached hydrogens (primary N) is 1. The summed E-state index contributed by atoms with van der Waals surface area (Å²) in [4.78, 5) is 5.84. The minimum atomic E-state index is 0.0412. The van der Waals surface area contributed by atoms with Gasteiger partial charge in [-0.2, -0.15) is 0 Å². The zero-order chi connectivity index (χ0) is 9.68. The number of rotatable bonds is 5. The molecule has 1 aromatic rings. The predicted molar refractivity (Wildman–Crippen MR) is 52.9 cm³/mol. The maximum absolute atomic E-state index is 8.75. The van der Waals surface area contributed by atoms with Gasteiger partial charge in [-0.15, -0.1) is 0 Å². The average Bonchev–Trinajstić information content (AvgIpc) is 2.51. The van der Waals surface area contributed by atoms with E-state index in [1.807, 2.05) is 0 Å². The highest BCUT2D eigenvalue weighted by Crippen LogP contribution is 2.23. The lowest BCUT2D eigenvalue weighted by molar-refractivity contribution is 0.281. The minimum Gasteiger partial charge on any atom is -0.395 e. The van der Waals surface area contributed by atoms with Crippen LogP contribution in [0.25, 0.3) is 0 Å². The van der Waals surface area contributed by atoms with Crippen molar-refractivity contribution in [1.29, 1.82) is 0 Å². The van der Waals surface area contributed by atoms with Crippen LogP contribution in [0.4, 0.5) is 10.1 Å². The van der Waals surface area contributed by atoms with Gasteiger partial charge in [-0.1, -0.05) is 11.3 Å². The van der Waals surface area contributed by atoms with Crippen LogP contribution in [0.3, 0.4) is 0 Å². The summed E-state index contributed by atoms with van der Waals surface area (Å²) in [5.41, 5.74) is 5.51. The number of nitrogen functional groups attached to an aromatic ring is 1. The molecule has 5 nitrogen and oxygen atoms in total. The molecule has 0 unspecified atom stereocenters.